The van der Waals surface area contributed by atoms with E-state index in [0.29, 0.717) is 17.2 Å². The van der Waals surface area contributed by atoms with Gasteiger partial charge in [0.2, 0.25) is 5.95 Å². The van der Waals surface area contributed by atoms with Crippen molar-refractivity contribution in [1.29, 1.82) is 0 Å². The molecule has 1 aliphatic heterocycles. The van der Waals surface area contributed by atoms with Gasteiger partial charge in [-0.15, -0.1) is 0 Å². The van der Waals surface area contributed by atoms with E-state index in [-0.39, 0.29) is 16.5 Å². The van der Waals surface area contributed by atoms with Crippen LogP contribution in [-0.2, 0) is 0 Å². The predicted molar refractivity (Wildman–Crippen MR) is 128 cm³/mol. The van der Waals surface area contributed by atoms with Crippen molar-refractivity contribution in [2.45, 2.75) is 6.92 Å². The molecular formula is C22H24ClN7O2. The van der Waals surface area contributed by atoms with Crippen LogP contribution in [0.5, 0.6) is 0 Å². The van der Waals surface area contributed by atoms with E-state index in [0.717, 1.165) is 31.9 Å². The number of nitrogens with zero attached hydrogens (tertiary/aromatic N) is 5. The summed E-state index contributed by atoms with van der Waals surface area (Å²) < 4.78 is 0. The van der Waals surface area contributed by atoms with E-state index in [9.17, 15) is 10.1 Å². The number of para-hydroxylation sites is 1. The molecule has 0 unspecified atom stereocenters. The van der Waals surface area contributed by atoms with Gasteiger partial charge in [0.05, 0.1) is 11.1 Å². The normalized spacial score (nSPS) is 14.3. The van der Waals surface area contributed by atoms with Crippen molar-refractivity contribution < 1.29 is 4.92 Å². The van der Waals surface area contributed by atoms with E-state index >= 15 is 0 Å². The van der Waals surface area contributed by atoms with Gasteiger partial charge in [0, 0.05) is 43.6 Å². The quantitative estimate of drug-likeness (QED) is 0.413. The summed E-state index contributed by atoms with van der Waals surface area (Å²) >= 11 is 6.26. The smallest absolute Gasteiger partial charge is 0.292 e. The van der Waals surface area contributed by atoms with Crippen LogP contribution >= 0.6 is 11.6 Å². The molecule has 3 aromatic rings. The van der Waals surface area contributed by atoms with Gasteiger partial charge in [-0.3, -0.25) is 10.1 Å². The molecular weight excluding hydrogens is 430 g/mol. The number of benzene rings is 2. The fourth-order valence-electron chi connectivity index (χ4n) is 3.55. The minimum atomic E-state index is -0.439. The largest absolute Gasteiger partial charge is 0.369 e. The van der Waals surface area contributed by atoms with Crippen LogP contribution < -0.4 is 15.5 Å². The molecule has 4 rings (SSSR count). The first kappa shape index (κ1) is 21.8. The summed E-state index contributed by atoms with van der Waals surface area (Å²) in [5.41, 5.74) is 3.02. The van der Waals surface area contributed by atoms with Crippen molar-refractivity contribution >= 4 is 46.1 Å². The van der Waals surface area contributed by atoms with E-state index in [1.165, 1.54) is 18.0 Å². The Hall–Kier alpha value is -3.43. The van der Waals surface area contributed by atoms with Crippen molar-refractivity contribution in [3.63, 3.8) is 0 Å². The molecule has 1 fully saturated rings. The van der Waals surface area contributed by atoms with E-state index < -0.39 is 4.92 Å². The van der Waals surface area contributed by atoms with Crippen LogP contribution in [0.2, 0.25) is 5.02 Å². The van der Waals surface area contributed by atoms with Gasteiger partial charge in [-0.05, 0) is 43.8 Å². The number of halogens is 1. The molecule has 0 aliphatic carbocycles. The van der Waals surface area contributed by atoms with Crippen LogP contribution in [0, 0.1) is 17.0 Å². The number of piperazine rings is 1. The molecule has 0 amide bonds. The number of nitro benzene ring substituents is 1. The molecule has 0 atom stereocenters. The maximum absolute atomic E-state index is 11.4. The zero-order valence-electron chi connectivity index (χ0n) is 17.9. The Morgan fingerprint density at radius 3 is 2.47 bits per heavy atom. The number of nitrogens with one attached hydrogen (secondary N) is 2. The maximum atomic E-state index is 11.4. The van der Waals surface area contributed by atoms with Gasteiger partial charge in [-0.25, -0.2) is 4.98 Å². The second-order valence-electron chi connectivity index (χ2n) is 7.70. The minimum Gasteiger partial charge on any atom is -0.369 e. The first-order valence-electron chi connectivity index (χ1n) is 10.2. The Labute approximate surface area is 191 Å². The Bertz CT molecular complexity index is 1120. The third-order valence-electron chi connectivity index (χ3n) is 5.43. The molecule has 166 valence electrons. The molecule has 2 aromatic carbocycles. The van der Waals surface area contributed by atoms with Gasteiger partial charge >= 0.3 is 0 Å². The van der Waals surface area contributed by atoms with Gasteiger partial charge < -0.3 is 20.4 Å². The summed E-state index contributed by atoms with van der Waals surface area (Å²) in [6.07, 6.45) is 1.46. The number of hydrogen-bond acceptors (Lipinski definition) is 8. The van der Waals surface area contributed by atoms with Crippen molar-refractivity contribution in [2.24, 2.45) is 0 Å². The van der Waals surface area contributed by atoms with Crippen LogP contribution in [-0.4, -0.2) is 53.0 Å². The van der Waals surface area contributed by atoms with Gasteiger partial charge in [-0.2, -0.15) is 4.98 Å². The van der Waals surface area contributed by atoms with E-state index in [1.807, 2.05) is 12.1 Å². The number of hydrogen-bond donors (Lipinski definition) is 2. The maximum Gasteiger partial charge on any atom is 0.292 e. The fraction of sp³-hybridized carbons (Fsp3) is 0.273. The molecule has 1 aromatic heterocycles. The molecule has 9 nitrogen and oxygen atoms in total. The Morgan fingerprint density at radius 1 is 1.06 bits per heavy atom. The number of aromatic nitrogens is 2. The third-order valence-corrected chi connectivity index (χ3v) is 5.70. The van der Waals surface area contributed by atoms with Crippen molar-refractivity contribution in [1.82, 2.24) is 14.9 Å². The van der Waals surface area contributed by atoms with Crippen LogP contribution in [0.3, 0.4) is 0 Å². The summed E-state index contributed by atoms with van der Waals surface area (Å²) in [6.45, 7) is 5.89. The van der Waals surface area contributed by atoms with E-state index in [1.54, 1.807) is 19.1 Å². The standard InChI is InChI=1S/C22H24ClN7O2/c1-15-4-3-5-19(30(31)32)20(15)26-21-18(23)14-24-22(27-21)25-16-6-8-17(9-7-16)29-12-10-28(2)11-13-29/h3-9,14H,10-13H2,1-2H3,(H2,24,25,26,27). The summed E-state index contributed by atoms with van der Waals surface area (Å²) in [6, 6.07) is 12.9. The Morgan fingerprint density at radius 2 is 1.78 bits per heavy atom. The van der Waals surface area contributed by atoms with Gasteiger partial charge in [-0.1, -0.05) is 23.7 Å². The van der Waals surface area contributed by atoms with Gasteiger partial charge in [0.25, 0.3) is 5.69 Å². The lowest BCUT2D eigenvalue weighted by atomic mass is 10.1. The van der Waals surface area contributed by atoms with Crippen molar-refractivity contribution in [3.8, 4) is 0 Å². The van der Waals surface area contributed by atoms with Crippen LogP contribution in [0.4, 0.5) is 34.5 Å². The summed E-state index contributed by atoms with van der Waals surface area (Å²) in [5.74, 6) is 0.621. The lowest BCUT2D eigenvalue weighted by molar-refractivity contribution is -0.384. The van der Waals surface area contributed by atoms with Gasteiger partial charge in [0.1, 0.15) is 10.7 Å². The predicted octanol–water partition coefficient (Wildman–Crippen LogP) is 4.59. The lowest BCUT2D eigenvalue weighted by Gasteiger charge is -2.34. The number of rotatable bonds is 6. The molecule has 0 bridgehead atoms. The number of aryl methyl sites for hydroxylation is 1. The highest BCUT2D eigenvalue weighted by molar-refractivity contribution is 6.33. The topological polar surface area (TPSA) is 99.5 Å². The highest BCUT2D eigenvalue weighted by Crippen LogP contribution is 2.33. The SMILES string of the molecule is Cc1cccc([N+](=O)[O-])c1Nc1nc(Nc2ccc(N3CCN(C)CC3)cc2)ncc1Cl. The Balaban J connectivity index is 1.51. The number of likely N-dealkylation sites (N-methyl/N-ethyl adjacent to an activating group) is 1. The fourth-order valence-corrected chi connectivity index (χ4v) is 3.69. The molecule has 1 saturated heterocycles. The van der Waals surface area contributed by atoms with Gasteiger partial charge in [0.15, 0.2) is 5.82 Å². The first-order valence-corrected chi connectivity index (χ1v) is 10.6. The first-order chi connectivity index (χ1) is 15.4. The van der Waals surface area contributed by atoms with E-state index in [2.05, 4.69) is 49.6 Å². The van der Waals surface area contributed by atoms with Crippen molar-refractivity contribution in [2.75, 3.05) is 48.8 Å². The van der Waals surface area contributed by atoms with Crippen LogP contribution in [0.25, 0.3) is 0 Å². The molecule has 1 aliphatic rings. The molecule has 0 spiro atoms. The molecule has 32 heavy (non-hydrogen) atoms. The molecule has 2 N–H and O–H groups in total. The highest BCUT2D eigenvalue weighted by atomic mass is 35.5. The molecule has 10 heteroatoms. The highest BCUT2D eigenvalue weighted by Gasteiger charge is 2.18. The molecule has 0 saturated carbocycles. The lowest BCUT2D eigenvalue weighted by Crippen LogP contribution is -2.44. The average molecular weight is 454 g/mol. The summed E-state index contributed by atoms with van der Waals surface area (Å²) in [5, 5.41) is 17.8. The minimum absolute atomic E-state index is 0.0475. The number of nitro groups is 1. The van der Waals surface area contributed by atoms with E-state index in [4.69, 9.17) is 11.6 Å². The average Bonchev–Trinajstić information content (AvgIpc) is 2.78. The Kier molecular flexibility index (Phi) is 6.38. The second kappa shape index (κ2) is 9.37. The summed E-state index contributed by atoms with van der Waals surface area (Å²) in [7, 11) is 2.14. The zero-order chi connectivity index (χ0) is 22.7. The third kappa shape index (κ3) is 4.90. The van der Waals surface area contributed by atoms with Crippen LogP contribution in [0.1, 0.15) is 5.56 Å². The second-order valence-corrected chi connectivity index (χ2v) is 8.11. The number of anilines is 5. The monoisotopic (exact) mass is 453 g/mol. The zero-order valence-corrected chi connectivity index (χ0v) is 18.6. The molecule has 0 radical (unpaired) electrons. The van der Waals surface area contributed by atoms with Crippen molar-refractivity contribution in [3.05, 3.63) is 69.4 Å². The molecule has 2 heterocycles. The summed E-state index contributed by atoms with van der Waals surface area (Å²) in [4.78, 5) is 24.3. The van der Waals surface area contributed by atoms with Crippen LogP contribution in [0.15, 0.2) is 48.7 Å².